The molecule has 1 aromatic heterocycles. The van der Waals surface area contributed by atoms with Gasteiger partial charge in [-0.1, -0.05) is 166 Å². The Morgan fingerprint density at radius 1 is 0.415 bits per heavy atom. The van der Waals surface area contributed by atoms with E-state index < -0.39 is 0 Å². The summed E-state index contributed by atoms with van der Waals surface area (Å²) in [6, 6.07) is 69.1. The Bertz CT molecular complexity index is 2790. The number of para-hydroxylation sites is 1. The molecule has 0 radical (unpaired) electrons. The van der Waals surface area contributed by atoms with Gasteiger partial charge in [0.2, 0.25) is 0 Å². The molecule has 1 aliphatic rings. The molecular formula is C51H37NS. The summed E-state index contributed by atoms with van der Waals surface area (Å²) in [5.74, 6) is 0. The Kier molecular flexibility index (Phi) is 7.42. The minimum Gasteiger partial charge on any atom is -0.310 e. The summed E-state index contributed by atoms with van der Waals surface area (Å²) in [5.41, 5.74) is 16.0. The van der Waals surface area contributed by atoms with Crippen LogP contribution in [0, 0.1) is 0 Å². The molecule has 0 atom stereocenters. The molecule has 0 saturated heterocycles. The van der Waals surface area contributed by atoms with Crippen LogP contribution in [-0.4, -0.2) is 0 Å². The van der Waals surface area contributed by atoms with Crippen molar-refractivity contribution in [2.45, 2.75) is 19.3 Å². The largest absolute Gasteiger partial charge is 0.310 e. The highest BCUT2D eigenvalue weighted by Gasteiger charge is 2.36. The van der Waals surface area contributed by atoms with E-state index in [2.05, 4.69) is 207 Å². The minimum absolute atomic E-state index is 0.113. The van der Waals surface area contributed by atoms with Crippen molar-refractivity contribution >= 4 is 48.6 Å². The first-order valence-electron chi connectivity index (χ1n) is 18.4. The van der Waals surface area contributed by atoms with Gasteiger partial charge >= 0.3 is 0 Å². The van der Waals surface area contributed by atoms with Crippen molar-refractivity contribution in [2.75, 3.05) is 4.90 Å². The van der Waals surface area contributed by atoms with Gasteiger partial charge < -0.3 is 4.90 Å². The Hall–Kier alpha value is -6.22. The highest BCUT2D eigenvalue weighted by atomic mass is 32.1. The summed E-state index contributed by atoms with van der Waals surface area (Å²) in [4.78, 5) is 2.47. The van der Waals surface area contributed by atoms with Gasteiger partial charge in [0.15, 0.2) is 0 Å². The lowest BCUT2D eigenvalue weighted by atomic mass is 9.82. The number of anilines is 3. The maximum absolute atomic E-state index is 2.47. The molecule has 0 spiro atoms. The van der Waals surface area contributed by atoms with E-state index in [1.165, 1.54) is 75.8 Å². The van der Waals surface area contributed by atoms with Crippen molar-refractivity contribution in [3.05, 3.63) is 199 Å². The summed E-state index contributed by atoms with van der Waals surface area (Å²) in [5, 5.41) is 2.60. The van der Waals surface area contributed by atoms with Crippen LogP contribution in [0.15, 0.2) is 188 Å². The smallest absolute Gasteiger partial charge is 0.0546 e. The van der Waals surface area contributed by atoms with E-state index in [0.29, 0.717) is 0 Å². The molecule has 252 valence electrons. The van der Waals surface area contributed by atoms with Crippen LogP contribution in [0.2, 0.25) is 0 Å². The quantitative estimate of drug-likeness (QED) is 0.167. The molecule has 8 aromatic carbocycles. The molecule has 9 aromatic rings. The van der Waals surface area contributed by atoms with E-state index in [4.69, 9.17) is 0 Å². The third-order valence-electron chi connectivity index (χ3n) is 11.1. The van der Waals surface area contributed by atoms with E-state index >= 15 is 0 Å². The standard InChI is InChI=1S/C51H37NS/c1-51(2)45-24-11-9-19-40(45)41-32-31-38(33-46(41)51)52(37-17-7-4-8-18-37)47-25-14-21-39(36-29-27-35(28-30-36)34-15-5-3-6-16-34)49(47)44-23-13-22-43-42-20-10-12-26-48(42)53-50(43)44/h3-33H,1-2H3. The van der Waals surface area contributed by atoms with Crippen LogP contribution in [0.25, 0.3) is 64.7 Å². The van der Waals surface area contributed by atoms with E-state index in [-0.39, 0.29) is 5.41 Å². The van der Waals surface area contributed by atoms with Gasteiger partial charge in [-0.2, -0.15) is 0 Å². The summed E-state index contributed by atoms with van der Waals surface area (Å²) in [6.45, 7) is 4.73. The third kappa shape index (κ3) is 5.13. The number of fused-ring (bicyclic) bond motifs is 6. The average Bonchev–Trinajstić information content (AvgIpc) is 3.71. The van der Waals surface area contributed by atoms with Crippen LogP contribution in [-0.2, 0) is 5.41 Å². The van der Waals surface area contributed by atoms with Crippen molar-refractivity contribution in [1.29, 1.82) is 0 Å². The maximum Gasteiger partial charge on any atom is 0.0546 e. The molecule has 0 fully saturated rings. The summed E-state index contributed by atoms with van der Waals surface area (Å²) in [6.07, 6.45) is 0. The van der Waals surface area contributed by atoms with Crippen LogP contribution < -0.4 is 4.90 Å². The fourth-order valence-corrected chi connectivity index (χ4v) is 9.73. The van der Waals surface area contributed by atoms with E-state index in [0.717, 1.165) is 17.1 Å². The molecule has 53 heavy (non-hydrogen) atoms. The molecule has 0 saturated carbocycles. The Morgan fingerprint density at radius 2 is 1.02 bits per heavy atom. The molecule has 10 rings (SSSR count). The molecule has 0 bridgehead atoms. The van der Waals surface area contributed by atoms with Crippen LogP contribution >= 0.6 is 11.3 Å². The third-order valence-corrected chi connectivity index (χ3v) is 12.3. The topological polar surface area (TPSA) is 3.24 Å². The number of thiophene rings is 1. The lowest BCUT2D eigenvalue weighted by Crippen LogP contribution is -2.17. The lowest BCUT2D eigenvalue weighted by molar-refractivity contribution is 0.660. The predicted molar refractivity (Wildman–Crippen MR) is 228 cm³/mol. The van der Waals surface area contributed by atoms with Crippen LogP contribution in [0.5, 0.6) is 0 Å². The van der Waals surface area contributed by atoms with Gasteiger partial charge in [0.25, 0.3) is 0 Å². The van der Waals surface area contributed by atoms with Crippen molar-refractivity contribution in [2.24, 2.45) is 0 Å². The number of nitrogens with zero attached hydrogens (tertiary/aromatic N) is 1. The van der Waals surface area contributed by atoms with Crippen LogP contribution in [0.3, 0.4) is 0 Å². The zero-order valence-corrected chi connectivity index (χ0v) is 30.6. The van der Waals surface area contributed by atoms with Crippen LogP contribution in [0.1, 0.15) is 25.0 Å². The van der Waals surface area contributed by atoms with E-state index in [1.807, 2.05) is 11.3 Å². The van der Waals surface area contributed by atoms with Crippen molar-refractivity contribution < 1.29 is 0 Å². The molecular weight excluding hydrogens is 659 g/mol. The number of benzene rings is 8. The number of rotatable bonds is 6. The zero-order valence-electron chi connectivity index (χ0n) is 29.8. The first-order chi connectivity index (χ1) is 26.1. The summed E-state index contributed by atoms with van der Waals surface area (Å²) < 4.78 is 2.61. The Balaban J connectivity index is 1.24. The average molecular weight is 696 g/mol. The minimum atomic E-state index is -0.113. The fourth-order valence-electron chi connectivity index (χ4n) is 8.50. The SMILES string of the molecule is CC1(C)c2ccccc2-c2ccc(N(c3ccccc3)c3cccc(-c4ccc(-c5ccccc5)cc4)c3-c3cccc4c3sc3ccccc34)cc21. The van der Waals surface area contributed by atoms with Gasteiger partial charge in [-0.05, 0) is 80.9 Å². The zero-order chi connectivity index (χ0) is 35.5. The normalized spacial score (nSPS) is 12.9. The van der Waals surface area contributed by atoms with E-state index in [1.54, 1.807) is 0 Å². The molecule has 0 amide bonds. The fraction of sp³-hybridized carbons (Fsp3) is 0.0588. The molecule has 1 heterocycles. The second kappa shape index (κ2) is 12.5. The van der Waals surface area contributed by atoms with Crippen LogP contribution in [0.4, 0.5) is 17.1 Å². The second-order valence-electron chi connectivity index (χ2n) is 14.5. The van der Waals surface area contributed by atoms with Gasteiger partial charge in [-0.15, -0.1) is 11.3 Å². The van der Waals surface area contributed by atoms with Gasteiger partial charge in [0, 0.05) is 48.1 Å². The lowest BCUT2D eigenvalue weighted by Gasteiger charge is -2.31. The predicted octanol–water partition coefficient (Wildman–Crippen LogP) is 14.8. The van der Waals surface area contributed by atoms with Gasteiger partial charge in [0.05, 0.1) is 5.69 Å². The number of hydrogen-bond acceptors (Lipinski definition) is 2. The first kappa shape index (κ1) is 31.5. The molecule has 2 heteroatoms. The first-order valence-corrected chi connectivity index (χ1v) is 19.2. The number of hydrogen-bond donors (Lipinski definition) is 0. The molecule has 1 nitrogen and oxygen atoms in total. The second-order valence-corrected chi connectivity index (χ2v) is 15.5. The molecule has 0 unspecified atom stereocenters. The van der Waals surface area contributed by atoms with Gasteiger partial charge in [-0.25, -0.2) is 0 Å². The highest BCUT2D eigenvalue weighted by molar-refractivity contribution is 7.26. The summed E-state index contributed by atoms with van der Waals surface area (Å²) >= 11 is 1.89. The van der Waals surface area contributed by atoms with E-state index in [9.17, 15) is 0 Å². The summed E-state index contributed by atoms with van der Waals surface area (Å²) in [7, 11) is 0. The van der Waals surface area contributed by atoms with Crippen molar-refractivity contribution in [3.8, 4) is 44.5 Å². The Labute approximate surface area is 315 Å². The Morgan fingerprint density at radius 3 is 1.85 bits per heavy atom. The monoisotopic (exact) mass is 695 g/mol. The van der Waals surface area contributed by atoms with Gasteiger partial charge in [-0.3, -0.25) is 0 Å². The highest BCUT2D eigenvalue weighted by Crippen LogP contribution is 2.53. The van der Waals surface area contributed by atoms with Gasteiger partial charge in [0.1, 0.15) is 0 Å². The van der Waals surface area contributed by atoms with Crippen molar-refractivity contribution in [1.82, 2.24) is 0 Å². The molecule has 0 N–H and O–H groups in total. The maximum atomic E-state index is 2.47. The van der Waals surface area contributed by atoms with Crippen molar-refractivity contribution in [3.63, 3.8) is 0 Å². The molecule has 0 aliphatic heterocycles. The molecule has 1 aliphatic carbocycles.